The van der Waals surface area contributed by atoms with E-state index >= 15 is 0 Å². The van der Waals surface area contributed by atoms with Gasteiger partial charge in [0, 0.05) is 25.2 Å². The molecule has 1 aromatic carbocycles. The van der Waals surface area contributed by atoms with Gasteiger partial charge in [0.2, 0.25) is 0 Å². The fourth-order valence-corrected chi connectivity index (χ4v) is 2.95. The second kappa shape index (κ2) is 5.19. The molecule has 110 valence electrons. The Bertz CT molecular complexity index is 645. The fraction of sp³-hybridized carbons (Fsp3) is 0.471. The monoisotopic (exact) mass is 283 g/mol. The third-order valence-electron chi connectivity index (χ3n) is 4.29. The summed E-state index contributed by atoms with van der Waals surface area (Å²) in [4.78, 5) is 0. The number of hydrogen-bond acceptors (Lipinski definition) is 3. The van der Waals surface area contributed by atoms with Gasteiger partial charge in [-0.25, -0.2) is 0 Å². The van der Waals surface area contributed by atoms with Gasteiger partial charge in [0.15, 0.2) is 0 Å². The molecule has 4 heteroatoms. The molecule has 1 fully saturated rings. The Kier molecular flexibility index (Phi) is 3.19. The Hall–Kier alpha value is -1.81. The molecule has 1 aliphatic heterocycles. The first-order chi connectivity index (χ1) is 10.3. The molecule has 1 unspecified atom stereocenters. The van der Waals surface area contributed by atoms with Crippen LogP contribution in [0, 0.1) is 6.92 Å². The number of rotatable bonds is 5. The maximum atomic E-state index is 6.05. The maximum absolute atomic E-state index is 6.05. The standard InChI is InChI=1S/C17H21N3O/c1-12-2-5-17-13(8-12)9-16(21-17)11-20-15(6-7-19-20)10-18-14-3-4-14/h2,5-8,14,16,18H,3-4,9-11H2,1H3. The first-order valence-corrected chi connectivity index (χ1v) is 7.78. The van der Waals surface area contributed by atoms with E-state index in [2.05, 4.69) is 46.3 Å². The number of nitrogens with one attached hydrogen (secondary N) is 1. The number of hydrogen-bond donors (Lipinski definition) is 1. The van der Waals surface area contributed by atoms with E-state index in [1.165, 1.54) is 29.7 Å². The summed E-state index contributed by atoms with van der Waals surface area (Å²) in [5.74, 6) is 1.04. The van der Waals surface area contributed by atoms with Crippen LogP contribution >= 0.6 is 0 Å². The summed E-state index contributed by atoms with van der Waals surface area (Å²) in [6, 6.07) is 9.25. The Morgan fingerprint density at radius 1 is 1.33 bits per heavy atom. The van der Waals surface area contributed by atoms with Gasteiger partial charge in [-0.3, -0.25) is 4.68 Å². The van der Waals surface area contributed by atoms with Gasteiger partial charge in [-0.05, 0) is 37.5 Å². The fourth-order valence-electron chi connectivity index (χ4n) is 2.95. The Morgan fingerprint density at radius 2 is 2.24 bits per heavy atom. The van der Waals surface area contributed by atoms with Crippen LogP contribution in [0.5, 0.6) is 5.75 Å². The van der Waals surface area contributed by atoms with Crippen molar-refractivity contribution in [3.63, 3.8) is 0 Å². The van der Waals surface area contributed by atoms with Crippen molar-refractivity contribution in [3.8, 4) is 5.75 Å². The maximum Gasteiger partial charge on any atom is 0.123 e. The number of aryl methyl sites for hydroxylation is 1. The van der Waals surface area contributed by atoms with Crippen molar-refractivity contribution in [2.45, 2.75) is 51.4 Å². The summed E-state index contributed by atoms with van der Waals surface area (Å²) in [7, 11) is 0. The number of ether oxygens (including phenoxy) is 1. The van der Waals surface area contributed by atoms with Crippen LogP contribution in [-0.4, -0.2) is 21.9 Å². The van der Waals surface area contributed by atoms with Gasteiger partial charge in [-0.2, -0.15) is 5.10 Å². The number of fused-ring (bicyclic) bond motifs is 1. The van der Waals surface area contributed by atoms with Gasteiger partial charge in [0.25, 0.3) is 0 Å². The molecule has 1 aromatic heterocycles. The van der Waals surface area contributed by atoms with Crippen molar-refractivity contribution < 1.29 is 4.74 Å². The third kappa shape index (κ3) is 2.81. The van der Waals surface area contributed by atoms with E-state index < -0.39 is 0 Å². The average molecular weight is 283 g/mol. The molecule has 0 spiro atoms. The van der Waals surface area contributed by atoms with E-state index in [9.17, 15) is 0 Å². The van der Waals surface area contributed by atoms with Gasteiger partial charge in [0.1, 0.15) is 11.9 Å². The summed E-state index contributed by atoms with van der Waals surface area (Å²) in [6.07, 6.45) is 5.69. The first kappa shape index (κ1) is 12.9. The van der Waals surface area contributed by atoms with Crippen molar-refractivity contribution in [1.29, 1.82) is 0 Å². The highest BCUT2D eigenvalue weighted by Crippen LogP contribution is 2.30. The molecule has 2 aromatic rings. The van der Waals surface area contributed by atoms with Crippen LogP contribution in [0.3, 0.4) is 0 Å². The van der Waals surface area contributed by atoms with Crippen LogP contribution < -0.4 is 10.1 Å². The predicted molar refractivity (Wildman–Crippen MR) is 81.4 cm³/mol. The van der Waals surface area contributed by atoms with Gasteiger partial charge in [-0.15, -0.1) is 0 Å². The molecule has 1 N–H and O–H groups in total. The molecule has 1 atom stereocenters. The minimum absolute atomic E-state index is 0.196. The van der Waals surface area contributed by atoms with E-state index in [4.69, 9.17) is 4.74 Å². The summed E-state index contributed by atoms with van der Waals surface area (Å²) in [6.45, 7) is 3.86. The summed E-state index contributed by atoms with van der Waals surface area (Å²) in [5, 5.41) is 8.00. The van der Waals surface area contributed by atoms with Crippen molar-refractivity contribution in [3.05, 3.63) is 47.3 Å². The molecule has 2 heterocycles. The minimum atomic E-state index is 0.196. The van der Waals surface area contributed by atoms with Crippen molar-refractivity contribution in [1.82, 2.24) is 15.1 Å². The number of benzene rings is 1. The molecule has 4 nitrogen and oxygen atoms in total. The highest BCUT2D eigenvalue weighted by Gasteiger charge is 2.25. The molecule has 0 saturated heterocycles. The lowest BCUT2D eigenvalue weighted by Gasteiger charge is -2.13. The topological polar surface area (TPSA) is 39.1 Å². The molecule has 21 heavy (non-hydrogen) atoms. The lowest BCUT2D eigenvalue weighted by molar-refractivity contribution is 0.201. The highest BCUT2D eigenvalue weighted by atomic mass is 16.5. The number of aromatic nitrogens is 2. The van der Waals surface area contributed by atoms with Gasteiger partial charge >= 0.3 is 0 Å². The predicted octanol–water partition coefficient (Wildman–Crippen LogP) is 2.45. The van der Waals surface area contributed by atoms with Gasteiger partial charge < -0.3 is 10.1 Å². The van der Waals surface area contributed by atoms with Crippen molar-refractivity contribution >= 4 is 0 Å². The van der Waals surface area contributed by atoms with Gasteiger partial charge in [0.05, 0.1) is 12.2 Å². The molecule has 0 bridgehead atoms. The largest absolute Gasteiger partial charge is 0.488 e. The highest BCUT2D eigenvalue weighted by molar-refractivity contribution is 5.40. The van der Waals surface area contributed by atoms with E-state index in [1.54, 1.807) is 0 Å². The lowest BCUT2D eigenvalue weighted by atomic mass is 10.1. The van der Waals surface area contributed by atoms with Crippen molar-refractivity contribution in [2.24, 2.45) is 0 Å². The first-order valence-electron chi connectivity index (χ1n) is 7.78. The zero-order valence-electron chi connectivity index (χ0n) is 12.4. The molecular weight excluding hydrogens is 262 g/mol. The average Bonchev–Trinajstić information content (AvgIpc) is 3.06. The van der Waals surface area contributed by atoms with E-state index in [0.29, 0.717) is 0 Å². The molecular formula is C17H21N3O. The van der Waals surface area contributed by atoms with Crippen LogP contribution in [-0.2, 0) is 19.5 Å². The third-order valence-corrected chi connectivity index (χ3v) is 4.29. The quantitative estimate of drug-likeness (QED) is 0.916. The van der Waals surface area contributed by atoms with E-state index in [1.807, 2.05) is 6.20 Å². The van der Waals surface area contributed by atoms with Crippen LogP contribution in [0.2, 0.25) is 0 Å². The summed E-state index contributed by atoms with van der Waals surface area (Å²) >= 11 is 0. The lowest BCUT2D eigenvalue weighted by Crippen LogP contribution is -2.25. The molecule has 4 rings (SSSR count). The minimum Gasteiger partial charge on any atom is -0.488 e. The number of nitrogens with zero attached hydrogens (tertiary/aromatic N) is 2. The molecule has 1 saturated carbocycles. The normalized spacial score (nSPS) is 20.3. The zero-order valence-corrected chi connectivity index (χ0v) is 12.4. The molecule has 0 amide bonds. The van der Waals surface area contributed by atoms with Crippen LogP contribution in [0.4, 0.5) is 0 Å². The molecule has 1 aliphatic carbocycles. The summed E-state index contributed by atoms with van der Waals surface area (Å²) < 4.78 is 8.13. The van der Waals surface area contributed by atoms with E-state index in [-0.39, 0.29) is 6.10 Å². The summed E-state index contributed by atoms with van der Waals surface area (Å²) in [5.41, 5.74) is 3.87. The van der Waals surface area contributed by atoms with Gasteiger partial charge in [-0.1, -0.05) is 17.7 Å². The Morgan fingerprint density at radius 3 is 3.10 bits per heavy atom. The smallest absolute Gasteiger partial charge is 0.123 e. The zero-order chi connectivity index (χ0) is 14.2. The van der Waals surface area contributed by atoms with Crippen LogP contribution in [0.15, 0.2) is 30.5 Å². The molecule has 2 aliphatic rings. The SMILES string of the molecule is Cc1ccc2c(c1)CC(Cn1nccc1CNC1CC1)O2. The second-order valence-corrected chi connectivity index (χ2v) is 6.21. The molecule has 0 radical (unpaired) electrons. The Labute approximate surface area is 125 Å². The van der Waals surface area contributed by atoms with Crippen molar-refractivity contribution in [2.75, 3.05) is 0 Å². The van der Waals surface area contributed by atoms with E-state index in [0.717, 1.165) is 31.3 Å². The van der Waals surface area contributed by atoms with Crippen LogP contribution in [0.25, 0.3) is 0 Å². The van der Waals surface area contributed by atoms with Crippen LogP contribution in [0.1, 0.15) is 29.7 Å². The second-order valence-electron chi connectivity index (χ2n) is 6.21. The Balaban J connectivity index is 1.42.